The molecule has 1 aromatic heterocycles. The quantitative estimate of drug-likeness (QED) is 0.353. The molecule has 0 aliphatic heterocycles. The van der Waals surface area contributed by atoms with Gasteiger partial charge < -0.3 is 14.6 Å². The van der Waals surface area contributed by atoms with Gasteiger partial charge in [-0.3, -0.25) is 4.79 Å². The molecule has 0 radical (unpaired) electrons. The molecule has 0 spiro atoms. The van der Waals surface area contributed by atoms with Crippen molar-refractivity contribution in [2.45, 2.75) is 32.8 Å². The van der Waals surface area contributed by atoms with Crippen molar-refractivity contribution >= 4 is 66.5 Å². The fraction of sp³-hybridized carbons (Fsp3) is 0.273. The molecule has 0 bridgehead atoms. The first-order valence-electron chi connectivity index (χ1n) is 9.88. The minimum atomic E-state index is -1.15. The summed E-state index contributed by atoms with van der Waals surface area (Å²) in [4.78, 5) is 28.9. The predicted octanol–water partition coefficient (Wildman–Crippen LogP) is 5.27. The number of aryl methyl sites for hydroxylation is 1. The van der Waals surface area contributed by atoms with Gasteiger partial charge in [-0.15, -0.1) is 0 Å². The summed E-state index contributed by atoms with van der Waals surface area (Å²) in [6, 6.07) is 6.90. The molecule has 174 valence electrons. The number of hydrogen-bond donors (Lipinski definition) is 1. The molecule has 0 saturated carbocycles. The maximum Gasteiger partial charge on any atom is 0.344 e. The number of aliphatic carboxylic acids is 1. The number of carboxylic acid groups (broad SMARTS) is 1. The van der Waals surface area contributed by atoms with Gasteiger partial charge in [0.05, 0.1) is 24.2 Å². The molecular formula is C22H20Br2ClN3O5. The van der Waals surface area contributed by atoms with Crippen LogP contribution in [0.5, 0.6) is 11.5 Å². The van der Waals surface area contributed by atoms with Gasteiger partial charge in [-0.05, 0) is 53.5 Å². The first-order chi connectivity index (χ1) is 15.7. The number of carboxylic acids is 1. The smallest absolute Gasteiger partial charge is 0.344 e. The number of hydrogen-bond acceptors (Lipinski definition) is 6. The molecule has 0 aliphatic carbocycles. The summed E-state index contributed by atoms with van der Waals surface area (Å²) in [5.74, 6) is -0.315. The number of aromatic nitrogens is 2. The normalized spacial score (nSPS) is 12.3. The molecule has 1 heterocycles. The van der Waals surface area contributed by atoms with Crippen molar-refractivity contribution in [2.24, 2.45) is 5.10 Å². The van der Waals surface area contributed by atoms with Crippen molar-refractivity contribution < 1.29 is 19.4 Å². The van der Waals surface area contributed by atoms with Crippen molar-refractivity contribution in [3.8, 4) is 11.5 Å². The maximum absolute atomic E-state index is 13.2. The van der Waals surface area contributed by atoms with E-state index in [9.17, 15) is 9.59 Å². The number of carbonyl (C=O) groups is 1. The fourth-order valence-electron chi connectivity index (χ4n) is 3.01. The molecule has 0 aliphatic rings. The van der Waals surface area contributed by atoms with Gasteiger partial charge in [0.15, 0.2) is 17.6 Å². The number of nitrogens with zero attached hydrogens (tertiary/aromatic N) is 3. The van der Waals surface area contributed by atoms with E-state index in [1.807, 2.05) is 13.0 Å². The first kappa shape index (κ1) is 25.2. The lowest BCUT2D eigenvalue weighted by atomic mass is 10.2. The average molecular weight is 602 g/mol. The molecular weight excluding hydrogens is 582 g/mol. The predicted molar refractivity (Wildman–Crippen MR) is 134 cm³/mol. The molecule has 3 aromatic rings. The van der Waals surface area contributed by atoms with Gasteiger partial charge in [-0.25, -0.2) is 9.78 Å². The second-order valence-corrected chi connectivity index (χ2v) is 9.11. The SMILES string of the molecule is CCCc1nc2ccc(Br)cc2c(=O)n1N=Cc1cc(OC)c(O[C@H](C)C(=O)O)c(Cl)c1Br. The molecule has 33 heavy (non-hydrogen) atoms. The minimum absolute atomic E-state index is 0.0825. The largest absolute Gasteiger partial charge is 0.493 e. The van der Waals surface area contributed by atoms with Gasteiger partial charge in [0.1, 0.15) is 10.8 Å². The number of benzene rings is 2. The van der Waals surface area contributed by atoms with Crippen LogP contribution in [0.15, 0.2) is 43.1 Å². The lowest BCUT2D eigenvalue weighted by molar-refractivity contribution is -0.144. The molecule has 3 rings (SSSR count). The zero-order valence-electron chi connectivity index (χ0n) is 17.9. The van der Waals surface area contributed by atoms with Crippen molar-refractivity contribution in [2.75, 3.05) is 7.11 Å². The summed E-state index contributed by atoms with van der Waals surface area (Å²) in [6.07, 6.45) is 1.65. The van der Waals surface area contributed by atoms with E-state index < -0.39 is 12.1 Å². The van der Waals surface area contributed by atoms with Crippen LogP contribution in [0.25, 0.3) is 10.9 Å². The highest BCUT2D eigenvalue weighted by Gasteiger charge is 2.22. The van der Waals surface area contributed by atoms with Gasteiger partial charge in [0, 0.05) is 20.9 Å². The van der Waals surface area contributed by atoms with Crippen LogP contribution in [0.3, 0.4) is 0 Å². The van der Waals surface area contributed by atoms with Gasteiger partial charge in [0.25, 0.3) is 5.56 Å². The Morgan fingerprint density at radius 3 is 2.73 bits per heavy atom. The van der Waals surface area contributed by atoms with E-state index in [4.69, 9.17) is 26.2 Å². The topological polar surface area (TPSA) is 103 Å². The highest BCUT2D eigenvalue weighted by molar-refractivity contribution is 9.10. The molecule has 8 nitrogen and oxygen atoms in total. The van der Waals surface area contributed by atoms with E-state index in [1.165, 1.54) is 24.9 Å². The molecule has 1 atom stereocenters. The number of fused-ring (bicyclic) bond motifs is 1. The Balaban J connectivity index is 2.12. The molecule has 0 fully saturated rings. The molecule has 0 unspecified atom stereocenters. The van der Waals surface area contributed by atoms with Gasteiger partial charge >= 0.3 is 5.97 Å². The van der Waals surface area contributed by atoms with Crippen LogP contribution in [0.2, 0.25) is 5.02 Å². The molecule has 0 amide bonds. The first-order valence-corrected chi connectivity index (χ1v) is 11.8. The van der Waals surface area contributed by atoms with Crippen LogP contribution in [0.1, 0.15) is 31.7 Å². The van der Waals surface area contributed by atoms with Crippen LogP contribution in [0, 0.1) is 0 Å². The number of rotatable bonds is 8. The van der Waals surface area contributed by atoms with Crippen LogP contribution < -0.4 is 15.0 Å². The summed E-state index contributed by atoms with van der Waals surface area (Å²) in [5.41, 5.74) is 0.791. The zero-order valence-corrected chi connectivity index (χ0v) is 21.9. The highest BCUT2D eigenvalue weighted by Crippen LogP contribution is 2.42. The Morgan fingerprint density at radius 2 is 2.09 bits per heavy atom. The summed E-state index contributed by atoms with van der Waals surface area (Å²) >= 11 is 13.2. The van der Waals surface area contributed by atoms with Crippen molar-refractivity contribution in [1.82, 2.24) is 9.66 Å². The minimum Gasteiger partial charge on any atom is -0.493 e. The van der Waals surface area contributed by atoms with Gasteiger partial charge in [0.2, 0.25) is 0 Å². The van der Waals surface area contributed by atoms with Gasteiger partial charge in [-0.1, -0.05) is 34.5 Å². The lowest BCUT2D eigenvalue weighted by Crippen LogP contribution is -2.23. The third kappa shape index (κ3) is 5.39. The van der Waals surface area contributed by atoms with Crippen molar-refractivity contribution in [1.29, 1.82) is 0 Å². The Kier molecular flexibility index (Phi) is 8.14. The van der Waals surface area contributed by atoms with Crippen molar-refractivity contribution in [3.05, 3.63) is 60.0 Å². The average Bonchev–Trinajstić information content (AvgIpc) is 2.78. The second kappa shape index (κ2) is 10.7. The number of halogens is 3. The van der Waals surface area contributed by atoms with Crippen LogP contribution in [0.4, 0.5) is 0 Å². The number of ether oxygens (including phenoxy) is 2. The molecule has 11 heteroatoms. The lowest BCUT2D eigenvalue weighted by Gasteiger charge is -2.17. The Morgan fingerprint density at radius 1 is 1.36 bits per heavy atom. The standard InChI is InChI=1S/C22H20Br2ClN3O5/c1-4-5-17-27-15-7-6-13(23)9-14(15)21(29)28(17)26-10-12-8-16(32-3)20(19(25)18(12)24)33-11(2)22(30)31/h6-11H,4-5H2,1-3H3,(H,30,31)/t11-/m1/s1. The summed E-state index contributed by atoms with van der Waals surface area (Å²) in [6.45, 7) is 3.37. The maximum atomic E-state index is 13.2. The zero-order chi connectivity index (χ0) is 24.3. The van der Waals surface area contributed by atoms with Crippen LogP contribution >= 0.6 is 43.5 Å². The van der Waals surface area contributed by atoms with Gasteiger partial charge in [-0.2, -0.15) is 9.78 Å². The molecule has 1 N–H and O–H groups in total. The third-order valence-electron chi connectivity index (χ3n) is 4.68. The highest BCUT2D eigenvalue weighted by atomic mass is 79.9. The van der Waals surface area contributed by atoms with E-state index in [0.29, 0.717) is 33.2 Å². The second-order valence-electron chi connectivity index (χ2n) is 7.02. The third-order valence-corrected chi connectivity index (χ3v) is 6.62. The summed E-state index contributed by atoms with van der Waals surface area (Å²) in [5, 5.41) is 14.1. The Hall–Kier alpha value is -2.43. The van der Waals surface area contributed by atoms with E-state index in [-0.39, 0.29) is 22.1 Å². The monoisotopic (exact) mass is 599 g/mol. The van der Waals surface area contributed by atoms with E-state index >= 15 is 0 Å². The Labute approximate surface area is 211 Å². The van der Waals surface area contributed by atoms with Crippen molar-refractivity contribution in [3.63, 3.8) is 0 Å². The molecule has 0 saturated heterocycles. The van der Waals surface area contributed by atoms with E-state index in [2.05, 4.69) is 41.9 Å². The summed E-state index contributed by atoms with van der Waals surface area (Å²) < 4.78 is 13.2. The van der Waals surface area contributed by atoms with Crippen LogP contribution in [-0.4, -0.2) is 40.2 Å². The fourth-order valence-corrected chi connectivity index (χ4v) is 4.01. The van der Waals surface area contributed by atoms with Crippen LogP contribution in [-0.2, 0) is 11.2 Å². The van der Waals surface area contributed by atoms with E-state index in [0.717, 1.165) is 10.9 Å². The number of methoxy groups -OCH3 is 1. The molecule has 2 aromatic carbocycles. The Bertz CT molecular complexity index is 1310. The van der Waals surface area contributed by atoms with E-state index in [1.54, 1.807) is 18.2 Å². The summed E-state index contributed by atoms with van der Waals surface area (Å²) in [7, 11) is 1.41.